The summed E-state index contributed by atoms with van der Waals surface area (Å²) in [6.07, 6.45) is 1.88. The molecular weight excluding hydrogens is 240 g/mol. The summed E-state index contributed by atoms with van der Waals surface area (Å²) in [6, 6.07) is 2.33. The van der Waals surface area contributed by atoms with Crippen molar-refractivity contribution in [1.82, 2.24) is 10.3 Å². The van der Waals surface area contributed by atoms with Gasteiger partial charge in [0.2, 0.25) is 5.88 Å². The fourth-order valence-electron chi connectivity index (χ4n) is 1.41. The summed E-state index contributed by atoms with van der Waals surface area (Å²) in [4.78, 5) is 4.23. The molecular formula is C12H17ClN2O2. The highest BCUT2D eigenvalue weighted by atomic mass is 35.5. The summed E-state index contributed by atoms with van der Waals surface area (Å²) in [5.74, 6) is 0.494. The molecule has 1 fully saturated rings. The predicted octanol–water partition coefficient (Wildman–Crippen LogP) is 2.01. The second-order valence-corrected chi connectivity index (χ2v) is 4.85. The summed E-state index contributed by atoms with van der Waals surface area (Å²) < 4.78 is 10.6. The zero-order valence-electron chi connectivity index (χ0n) is 10.1. The van der Waals surface area contributed by atoms with Crippen LogP contribution >= 0.6 is 11.6 Å². The summed E-state index contributed by atoms with van der Waals surface area (Å²) in [5, 5.41) is 3.87. The highest BCUT2D eigenvalue weighted by Crippen LogP contribution is 2.24. The largest absolute Gasteiger partial charge is 0.468 e. The first-order valence-corrected chi connectivity index (χ1v) is 6.15. The average molecular weight is 257 g/mol. The van der Waals surface area contributed by atoms with Crippen molar-refractivity contribution in [3.63, 3.8) is 0 Å². The zero-order chi connectivity index (χ0) is 12.3. The van der Waals surface area contributed by atoms with E-state index >= 15 is 0 Å². The second-order valence-electron chi connectivity index (χ2n) is 4.44. The normalized spacial score (nSPS) is 16.0. The molecule has 0 aromatic carbocycles. The molecule has 94 valence electrons. The summed E-state index contributed by atoms with van der Waals surface area (Å²) in [6.45, 7) is 6.20. The van der Waals surface area contributed by atoms with Gasteiger partial charge in [0.05, 0.1) is 13.2 Å². The lowest BCUT2D eigenvalue weighted by molar-refractivity contribution is -0.0813. The third-order valence-corrected chi connectivity index (χ3v) is 2.74. The molecule has 0 atom stereocenters. The number of halogens is 1. The van der Waals surface area contributed by atoms with Gasteiger partial charge in [-0.1, -0.05) is 25.4 Å². The summed E-state index contributed by atoms with van der Waals surface area (Å²) >= 11 is 6.11. The quantitative estimate of drug-likeness (QED) is 0.875. The van der Waals surface area contributed by atoms with Gasteiger partial charge in [-0.25, -0.2) is 4.98 Å². The maximum Gasteiger partial charge on any atom is 0.233 e. The Morgan fingerprint density at radius 3 is 2.88 bits per heavy atom. The van der Waals surface area contributed by atoms with Gasteiger partial charge in [-0.2, -0.15) is 0 Å². The first kappa shape index (κ1) is 12.6. The van der Waals surface area contributed by atoms with Crippen molar-refractivity contribution in [3.05, 3.63) is 22.8 Å². The van der Waals surface area contributed by atoms with E-state index in [1.165, 1.54) is 0 Å². The Labute approximate surface area is 106 Å². The number of pyridine rings is 1. The van der Waals surface area contributed by atoms with Crippen LogP contribution in [-0.4, -0.2) is 30.3 Å². The Balaban J connectivity index is 1.95. The Morgan fingerprint density at radius 2 is 2.35 bits per heavy atom. The number of aromatic nitrogens is 1. The van der Waals surface area contributed by atoms with Crippen LogP contribution in [0.25, 0.3) is 0 Å². The lowest BCUT2D eigenvalue weighted by Gasteiger charge is -2.26. The van der Waals surface area contributed by atoms with Gasteiger partial charge in [-0.05, 0) is 11.6 Å². The molecule has 1 aliphatic heterocycles. The van der Waals surface area contributed by atoms with Crippen LogP contribution < -0.4 is 10.1 Å². The van der Waals surface area contributed by atoms with Crippen molar-refractivity contribution >= 4 is 11.6 Å². The predicted molar refractivity (Wildman–Crippen MR) is 66.5 cm³/mol. The third-order valence-electron chi connectivity index (χ3n) is 2.46. The number of ether oxygens (including phenoxy) is 2. The molecule has 4 nitrogen and oxygen atoms in total. The molecule has 0 amide bonds. The van der Waals surface area contributed by atoms with Crippen LogP contribution in [0.5, 0.6) is 5.88 Å². The Kier molecular flexibility index (Phi) is 4.20. The topological polar surface area (TPSA) is 43.4 Å². The first-order valence-electron chi connectivity index (χ1n) is 5.77. The monoisotopic (exact) mass is 256 g/mol. The van der Waals surface area contributed by atoms with E-state index in [-0.39, 0.29) is 6.10 Å². The Bertz CT molecular complexity index is 381. The van der Waals surface area contributed by atoms with Crippen molar-refractivity contribution in [3.8, 4) is 5.88 Å². The van der Waals surface area contributed by atoms with E-state index in [4.69, 9.17) is 21.1 Å². The molecule has 0 radical (unpaired) electrons. The SMILES string of the molecule is CC(C)NCc1cnc(OC2COC2)c(Cl)c1. The molecule has 1 aromatic heterocycles. The minimum absolute atomic E-state index is 0.0969. The number of hydrogen-bond donors (Lipinski definition) is 1. The molecule has 0 saturated carbocycles. The summed E-state index contributed by atoms with van der Waals surface area (Å²) in [5.41, 5.74) is 1.06. The van der Waals surface area contributed by atoms with E-state index in [0.717, 1.165) is 12.1 Å². The molecule has 0 aliphatic carbocycles. The molecule has 1 saturated heterocycles. The van der Waals surface area contributed by atoms with Crippen molar-refractivity contribution < 1.29 is 9.47 Å². The number of hydrogen-bond acceptors (Lipinski definition) is 4. The van der Waals surface area contributed by atoms with Gasteiger partial charge in [0, 0.05) is 18.8 Å². The van der Waals surface area contributed by atoms with E-state index in [1.807, 2.05) is 6.07 Å². The molecule has 1 aromatic rings. The average Bonchev–Trinajstić information content (AvgIpc) is 2.22. The maximum atomic E-state index is 6.11. The Morgan fingerprint density at radius 1 is 1.59 bits per heavy atom. The number of nitrogens with zero attached hydrogens (tertiary/aromatic N) is 1. The first-order chi connectivity index (χ1) is 8.15. The minimum atomic E-state index is 0.0969. The summed E-state index contributed by atoms with van der Waals surface area (Å²) in [7, 11) is 0. The van der Waals surface area contributed by atoms with Gasteiger partial charge in [0.1, 0.15) is 11.1 Å². The molecule has 2 rings (SSSR count). The zero-order valence-corrected chi connectivity index (χ0v) is 10.8. The minimum Gasteiger partial charge on any atom is -0.468 e. The van der Waals surface area contributed by atoms with Gasteiger partial charge in [0.15, 0.2) is 0 Å². The lowest BCUT2D eigenvalue weighted by Crippen LogP contribution is -2.38. The van der Waals surface area contributed by atoms with Crippen molar-refractivity contribution in [2.24, 2.45) is 0 Å². The molecule has 0 bridgehead atoms. The van der Waals surface area contributed by atoms with Crippen LogP contribution in [0.15, 0.2) is 12.3 Å². The van der Waals surface area contributed by atoms with Crippen LogP contribution in [0.1, 0.15) is 19.4 Å². The molecule has 1 N–H and O–H groups in total. The van der Waals surface area contributed by atoms with Gasteiger partial charge in [-0.15, -0.1) is 0 Å². The van der Waals surface area contributed by atoms with Crippen LogP contribution in [-0.2, 0) is 11.3 Å². The molecule has 0 unspecified atom stereocenters. The van der Waals surface area contributed by atoms with Crippen LogP contribution in [0, 0.1) is 0 Å². The fourth-order valence-corrected chi connectivity index (χ4v) is 1.64. The fraction of sp³-hybridized carbons (Fsp3) is 0.583. The van der Waals surface area contributed by atoms with Crippen molar-refractivity contribution in [1.29, 1.82) is 0 Å². The molecule has 0 spiro atoms. The number of rotatable bonds is 5. The van der Waals surface area contributed by atoms with Crippen LogP contribution in [0.3, 0.4) is 0 Å². The van der Waals surface area contributed by atoms with Crippen molar-refractivity contribution in [2.45, 2.75) is 32.5 Å². The van der Waals surface area contributed by atoms with E-state index in [1.54, 1.807) is 6.20 Å². The van der Waals surface area contributed by atoms with E-state index in [0.29, 0.717) is 30.2 Å². The Hall–Kier alpha value is -0.840. The molecule has 5 heteroatoms. The molecule has 1 aliphatic rings. The number of nitrogens with one attached hydrogen (secondary N) is 1. The van der Waals surface area contributed by atoms with E-state index < -0.39 is 0 Å². The lowest BCUT2D eigenvalue weighted by atomic mass is 10.2. The van der Waals surface area contributed by atoms with Gasteiger partial charge < -0.3 is 14.8 Å². The van der Waals surface area contributed by atoms with Gasteiger partial charge in [0.25, 0.3) is 0 Å². The smallest absolute Gasteiger partial charge is 0.233 e. The highest BCUT2D eigenvalue weighted by Gasteiger charge is 2.21. The van der Waals surface area contributed by atoms with Crippen LogP contribution in [0.4, 0.5) is 0 Å². The highest BCUT2D eigenvalue weighted by molar-refractivity contribution is 6.31. The molecule has 2 heterocycles. The standard InChI is InChI=1S/C12H17ClN2O2/c1-8(2)14-4-9-3-11(13)12(15-5-9)17-10-6-16-7-10/h3,5,8,10,14H,4,6-7H2,1-2H3. The van der Waals surface area contributed by atoms with Crippen LogP contribution in [0.2, 0.25) is 5.02 Å². The van der Waals surface area contributed by atoms with Crippen molar-refractivity contribution in [2.75, 3.05) is 13.2 Å². The molecule has 17 heavy (non-hydrogen) atoms. The van der Waals surface area contributed by atoms with Gasteiger partial charge >= 0.3 is 0 Å². The maximum absolute atomic E-state index is 6.11. The third kappa shape index (κ3) is 3.56. The van der Waals surface area contributed by atoms with E-state index in [2.05, 4.69) is 24.1 Å². The van der Waals surface area contributed by atoms with E-state index in [9.17, 15) is 0 Å². The second kappa shape index (κ2) is 5.67. The van der Waals surface area contributed by atoms with Gasteiger partial charge in [-0.3, -0.25) is 0 Å².